The number of rotatable bonds is 2. The summed E-state index contributed by atoms with van der Waals surface area (Å²) in [5.74, 6) is 0. The van der Waals surface area contributed by atoms with Gasteiger partial charge in [-0.3, -0.25) is 0 Å². The summed E-state index contributed by atoms with van der Waals surface area (Å²) in [6.45, 7) is -4.94. The molecule has 2 heterocycles. The van der Waals surface area contributed by atoms with E-state index >= 15 is 0 Å². The molecule has 0 saturated heterocycles. The Kier molecular flexibility index (Phi) is 4.76. The van der Waals surface area contributed by atoms with E-state index in [1.54, 1.807) is 17.0 Å². The normalized spacial score (nSPS) is 11.3. The van der Waals surface area contributed by atoms with Gasteiger partial charge < -0.3 is 17.5 Å². The SMILES string of the molecule is F[B-](F)(F)c1ccc(-n2ccc3cccnc32)cc1.[K+]. The summed E-state index contributed by atoms with van der Waals surface area (Å²) in [6, 6.07) is 10.7. The predicted molar refractivity (Wildman–Crippen MR) is 69.8 cm³/mol. The minimum Gasteiger partial charge on any atom is -0.445 e. The Balaban J connectivity index is 0.00000147. The molecule has 2 nitrogen and oxygen atoms in total. The van der Waals surface area contributed by atoms with Gasteiger partial charge >= 0.3 is 58.4 Å². The zero-order valence-corrected chi connectivity index (χ0v) is 13.9. The summed E-state index contributed by atoms with van der Waals surface area (Å²) in [6.07, 6.45) is 3.46. The first-order valence-electron chi connectivity index (χ1n) is 5.78. The average molecular weight is 300 g/mol. The number of pyridine rings is 1. The van der Waals surface area contributed by atoms with Crippen LogP contribution in [0.5, 0.6) is 0 Å². The molecule has 0 aliphatic rings. The van der Waals surface area contributed by atoms with Crippen molar-refractivity contribution in [3.8, 4) is 5.69 Å². The summed E-state index contributed by atoms with van der Waals surface area (Å²) in [5.41, 5.74) is 0.804. The van der Waals surface area contributed by atoms with Crippen LogP contribution in [0.4, 0.5) is 12.9 Å². The number of benzene rings is 1. The van der Waals surface area contributed by atoms with E-state index in [0.29, 0.717) is 5.69 Å². The first-order chi connectivity index (χ1) is 9.05. The standard InChI is InChI=1S/C13H9BF3N2.K/c15-14(16,17)11-3-5-12(6-4-11)19-9-7-10-2-1-8-18-13(10)19;/h1-9H;/q-1;+1. The van der Waals surface area contributed by atoms with Crippen LogP contribution in [0.2, 0.25) is 0 Å². The maximum Gasteiger partial charge on any atom is 1.00 e. The molecule has 0 bridgehead atoms. The van der Waals surface area contributed by atoms with E-state index in [1.165, 1.54) is 12.1 Å². The molecule has 0 fully saturated rings. The molecule has 0 aliphatic carbocycles. The van der Waals surface area contributed by atoms with E-state index in [4.69, 9.17) is 0 Å². The van der Waals surface area contributed by atoms with Crippen molar-refractivity contribution < 1.29 is 64.3 Å². The van der Waals surface area contributed by atoms with E-state index in [0.717, 1.165) is 23.2 Å². The van der Waals surface area contributed by atoms with E-state index in [9.17, 15) is 12.9 Å². The summed E-state index contributed by atoms with van der Waals surface area (Å²) < 4.78 is 39.4. The van der Waals surface area contributed by atoms with Gasteiger partial charge in [0.05, 0.1) is 0 Å². The second-order valence-electron chi connectivity index (χ2n) is 4.27. The molecule has 0 aliphatic heterocycles. The number of nitrogens with zero attached hydrogens (tertiary/aromatic N) is 2. The Labute approximate surface area is 156 Å². The molecule has 0 atom stereocenters. The summed E-state index contributed by atoms with van der Waals surface area (Å²) >= 11 is 0. The van der Waals surface area contributed by atoms with Crippen molar-refractivity contribution in [2.45, 2.75) is 0 Å². The van der Waals surface area contributed by atoms with Crippen LogP contribution in [0.1, 0.15) is 0 Å². The first kappa shape index (κ1) is 15.8. The van der Waals surface area contributed by atoms with Gasteiger partial charge in [0.25, 0.3) is 0 Å². The number of fused-ring (bicyclic) bond motifs is 1. The molecule has 0 amide bonds. The fraction of sp³-hybridized carbons (Fsp3) is 0. The van der Waals surface area contributed by atoms with Crippen LogP contribution in [0.25, 0.3) is 16.7 Å². The monoisotopic (exact) mass is 300 g/mol. The average Bonchev–Trinajstić information content (AvgIpc) is 2.82. The Bertz CT molecular complexity index is 722. The molecule has 0 radical (unpaired) electrons. The molecule has 0 spiro atoms. The molecule has 96 valence electrons. The van der Waals surface area contributed by atoms with Crippen molar-refractivity contribution in [3.63, 3.8) is 0 Å². The van der Waals surface area contributed by atoms with E-state index in [1.807, 2.05) is 18.2 Å². The van der Waals surface area contributed by atoms with Gasteiger partial charge in [-0.1, -0.05) is 12.1 Å². The molecule has 0 N–H and O–H groups in total. The second kappa shape index (κ2) is 6.03. The zero-order chi connectivity index (χ0) is 13.5. The summed E-state index contributed by atoms with van der Waals surface area (Å²) in [4.78, 5) is 4.23. The van der Waals surface area contributed by atoms with E-state index in [-0.39, 0.29) is 51.4 Å². The molecule has 7 heteroatoms. The number of aromatic nitrogens is 2. The third-order valence-electron chi connectivity index (χ3n) is 3.00. The van der Waals surface area contributed by atoms with Crippen LogP contribution in [-0.2, 0) is 0 Å². The largest absolute Gasteiger partial charge is 1.00 e. The Morgan fingerprint density at radius 3 is 2.30 bits per heavy atom. The van der Waals surface area contributed by atoms with Gasteiger partial charge in [-0.25, -0.2) is 4.98 Å². The Morgan fingerprint density at radius 2 is 1.65 bits per heavy atom. The maximum atomic E-state index is 12.6. The van der Waals surface area contributed by atoms with Crippen LogP contribution in [-0.4, -0.2) is 16.5 Å². The van der Waals surface area contributed by atoms with Crippen LogP contribution in [0, 0.1) is 0 Å². The zero-order valence-electron chi connectivity index (χ0n) is 10.8. The number of hydrogen-bond acceptors (Lipinski definition) is 1. The van der Waals surface area contributed by atoms with Crippen LogP contribution in [0.15, 0.2) is 54.9 Å². The first-order valence-corrected chi connectivity index (χ1v) is 5.78. The molecular formula is C13H9BF3KN2. The van der Waals surface area contributed by atoms with Crippen molar-refractivity contribution in [2.24, 2.45) is 0 Å². The molecule has 0 saturated carbocycles. The van der Waals surface area contributed by atoms with Crippen LogP contribution < -0.4 is 56.8 Å². The third-order valence-corrected chi connectivity index (χ3v) is 3.00. The van der Waals surface area contributed by atoms with Gasteiger partial charge in [-0.2, -0.15) is 0 Å². The minimum absolute atomic E-state index is 0. The van der Waals surface area contributed by atoms with Gasteiger partial charge in [0.1, 0.15) is 5.65 Å². The van der Waals surface area contributed by atoms with Gasteiger partial charge in [-0.15, -0.1) is 5.46 Å². The van der Waals surface area contributed by atoms with Crippen molar-refractivity contribution in [2.75, 3.05) is 0 Å². The Morgan fingerprint density at radius 1 is 0.950 bits per heavy atom. The summed E-state index contributed by atoms with van der Waals surface area (Å²) in [5, 5.41) is 0.951. The molecule has 0 unspecified atom stereocenters. The van der Waals surface area contributed by atoms with Gasteiger partial charge in [0.15, 0.2) is 0 Å². The van der Waals surface area contributed by atoms with Gasteiger partial charge in [0, 0.05) is 23.5 Å². The predicted octanol–water partition coefficient (Wildman–Crippen LogP) is 0.0839. The smallest absolute Gasteiger partial charge is 0.445 e. The fourth-order valence-electron chi connectivity index (χ4n) is 2.03. The van der Waals surface area contributed by atoms with Crippen LogP contribution in [0.3, 0.4) is 0 Å². The molecule has 2 aromatic heterocycles. The third kappa shape index (κ3) is 3.02. The molecule has 3 aromatic rings. The van der Waals surface area contributed by atoms with Crippen molar-refractivity contribution in [1.82, 2.24) is 9.55 Å². The molecule has 20 heavy (non-hydrogen) atoms. The van der Waals surface area contributed by atoms with Crippen molar-refractivity contribution in [3.05, 3.63) is 54.9 Å². The van der Waals surface area contributed by atoms with Gasteiger partial charge in [-0.05, 0) is 30.3 Å². The fourth-order valence-corrected chi connectivity index (χ4v) is 2.03. The topological polar surface area (TPSA) is 17.8 Å². The second-order valence-corrected chi connectivity index (χ2v) is 4.27. The van der Waals surface area contributed by atoms with Gasteiger partial charge in [0.2, 0.25) is 0 Å². The minimum atomic E-state index is -4.94. The van der Waals surface area contributed by atoms with E-state index in [2.05, 4.69) is 4.98 Å². The van der Waals surface area contributed by atoms with Crippen molar-refractivity contribution in [1.29, 1.82) is 0 Å². The maximum absolute atomic E-state index is 12.6. The quantitative estimate of drug-likeness (QED) is 0.613. The van der Waals surface area contributed by atoms with Crippen molar-refractivity contribution >= 4 is 23.5 Å². The molecular weight excluding hydrogens is 291 g/mol. The van der Waals surface area contributed by atoms with E-state index < -0.39 is 12.4 Å². The number of halogens is 3. The summed E-state index contributed by atoms with van der Waals surface area (Å²) in [7, 11) is 0. The van der Waals surface area contributed by atoms with Crippen LogP contribution >= 0.6 is 0 Å². The molecule has 1 aromatic carbocycles. The number of hydrogen-bond donors (Lipinski definition) is 0. The Hall–Kier alpha value is -0.599. The molecule has 3 rings (SSSR count).